The quantitative estimate of drug-likeness (QED) is 0.327. The van der Waals surface area contributed by atoms with Crippen LogP contribution in [0.15, 0.2) is 36.0 Å². The highest BCUT2D eigenvalue weighted by Gasteiger charge is 2.20. The molecule has 27 heavy (non-hydrogen) atoms. The Balaban J connectivity index is 1.90. The average molecular weight is 371 g/mol. The molecule has 0 spiro atoms. The van der Waals surface area contributed by atoms with Crippen LogP contribution in [0.2, 0.25) is 0 Å². The topological polar surface area (TPSA) is 91.7 Å². The molecule has 1 N–H and O–H groups in total. The van der Waals surface area contributed by atoms with Crippen LogP contribution >= 0.6 is 0 Å². The highest BCUT2D eigenvalue weighted by molar-refractivity contribution is 5.97. The van der Waals surface area contributed by atoms with Crippen LogP contribution in [0.4, 0.5) is 5.69 Å². The normalized spacial score (nSPS) is 14.4. The van der Waals surface area contributed by atoms with Crippen molar-refractivity contribution < 1.29 is 19.1 Å². The van der Waals surface area contributed by atoms with E-state index in [9.17, 15) is 14.9 Å². The highest BCUT2D eigenvalue weighted by Crippen LogP contribution is 2.12. The van der Waals surface area contributed by atoms with Crippen LogP contribution in [0.5, 0.6) is 0 Å². The van der Waals surface area contributed by atoms with Crippen LogP contribution < -0.4 is 5.32 Å². The van der Waals surface area contributed by atoms with E-state index in [1.165, 1.54) is 6.20 Å². The van der Waals surface area contributed by atoms with Gasteiger partial charge in [0.05, 0.1) is 25.4 Å². The van der Waals surface area contributed by atoms with Gasteiger partial charge in [0.15, 0.2) is 0 Å². The summed E-state index contributed by atoms with van der Waals surface area (Å²) in [5.41, 5.74) is 1.15. The first kappa shape index (κ1) is 20.5. The van der Waals surface area contributed by atoms with Crippen molar-refractivity contribution in [1.82, 2.24) is 4.90 Å². The molecule has 1 fully saturated rings. The largest absolute Gasteiger partial charge is 0.462 e. The molecule has 1 aliphatic rings. The van der Waals surface area contributed by atoms with E-state index >= 15 is 0 Å². The van der Waals surface area contributed by atoms with E-state index < -0.39 is 0 Å². The molecule has 7 heteroatoms. The molecular weight excluding hydrogens is 346 g/mol. The first-order valence-electron chi connectivity index (χ1n) is 9.16. The Morgan fingerprint density at radius 2 is 1.96 bits per heavy atom. The van der Waals surface area contributed by atoms with Crippen LogP contribution in [0.1, 0.15) is 36.5 Å². The van der Waals surface area contributed by atoms with Gasteiger partial charge in [-0.25, -0.2) is 4.79 Å². The zero-order chi connectivity index (χ0) is 19.5. The second kappa shape index (κ2) is 11.0. The molecule has 0 aromatic heterocycles. The Hall–Kier alpha value is -2.85. The van der Waals surface area contributed by atoms with Gasteiger partial charge in [-0.3, -0.25) is 4.79 Å². The van der Waals surface area contributed by atoms with Gasteiger partial charge in [-0.05, 0) is 30.7 Å². The molecular formula is C20H25N3O4. The zero-order valence-corrected chi connectivity index (χ0v) is 15.6. The smallest absolute Gasteiger partial charge is 0.338 e. The van der Waals surface area contributed by atoms with Crippen LogP contribution in [-0.4, -0.2) is 49.7 Å². The van der Waals surface area contributed by atoms with Gasteiger partial charge in [0.1, 0.15) is 11.6 Å². The van der Waals surface area contributed by atoms with Crippen molar-refractivity contribution in [2.75, 3.05) is 38.2 Å². The fourth-order valence-electron chi connectivity index (χ4n) is 2.54. The third-order valence-corrected chi connectivity index (χ3v) is 4.13. The summed E-state index contributed by atoms with van der Waals surface area (Å²) in [7, 11) is 0. The maximum atomic E-state index is 12.3. The molecule has 0 radical (unpaired) electrons. The van der Waals surface area contributed by atoms with Crippen LogP contribution in [-0.2, 0) is 14.3 Å². The van der Waals surface area contributed by atoms with Gasteiger partial charge in [0.2, 0.25) is 0 Å². The van der Waals surface area contributed by atoms with Crippen LogP contribution in [0, 0.1) is 11.3 Å². The summed E-state index contributed by atoms with van der Waals surface area (Å²) in [6, 6.07) is 8.62. The van der Waals surface area contributed by atoms with E-state index in [4.69, 9.17) is 9.47 Å². The summed E-state index contributed by atoms with van der Waals surface area (Å²) in [6.07, 6.45) is 4.35. The number of benzene rings is 1. The summed E-state index contributed by atoms with van der Waals surface area (Å²) in [5, 5.41) is 12.2. The molecule has 0 saturated carbocycles. The molecule has 0 bridgehead atoms. The molecule has 2 rings (SSSR count). The molecule has 7 nitrogen and oxygen atoms in total. The number of morpholine rings is 1. The van der Waals surface area contributed by atoms with E-state index in [1.54, 1.807) is 29.2 Å². The second-order valence-electron chi connectivity index (χ2n) is 6.14. The van der Waals surface area contributed by atoms with Gasteiger partial charge in [-0.15, -0.1) is 0 Å². The van der Waals surface area contributed by atoms with E-state index in [0.717, 1.165) is 19.3 Å². The molecule has 0 unspecified atom stereocenters. The summed E-state index contributed by atoms with van der Waals surface area (Å²) in [6.45, 7) is 4.43. The monoisotopic (exact) mass is 371 g/mol. The number of ether oxygens (including phenoxy) is 2. The van der Waals surface area contributed by atoms with Gasteiger partial charge < -0.3 is 19.7 Å². The second-order valence-corrected chi connectivity index (χ2v) is 6.14. The fourth-order valence-corrected chi connectivity index (χ4v) is 2.54. The van der Waals surface area contributed by atoms with Gasteiger partial charge in [-0.1, -0.05) is 19.8 Å². The first-order chi connectivity index (χ1) is 13.2. The van der Waals surface area contributed by atoms with Gasteiger partial charge in [0, 0.05) is 25.0 Å². The number of anilines is 1. The number of nitrogens with zero attached hydrogens (tertiary/aromatic N) is 2. The lowest BCUT2D eigenvalue weighted by molar-refractivity contribution is -0.130. The van der Waals surface area contributed by atoms with Crippen molar-refractivity contribution in [2.24, 2.45) is 0 Å². The van der Waals surface area contributed by atoms with Crippen molar-refractivity contribution in [2.45, 2.75) is 26.2 Å². The number of nitrogens with one attached hydrogen (secondary N) is 1. The Morgan fingerprint density at radius 3 is 2.59 bits per heavy atom. The molecule has 1 aliphatic heterocycles. The number of nitriles is 1. The predicted molar refractivity (Wildman–Crippen MR) is 101 cm³/mol. The van der Waals surface area contributed by atoms with Gasteiger partial charge in [0.25, 0.3) is 5.91 Å². The van der Waals surface area contributed by atoms with E-state index in [1.807, 2.05) is 6.07 Å². The van der Waals surface area contributed by atoms with Gasteiger partial charge >= 0.3 is 5.97 Å². The summed E-state index contributed by atoms with van der Waals surface area (Å²) < 4.78 is 10.4. The molecule has 0 atom stereocenters. The Morgan fingerprint density at radius 1 is 1.26 bits per heavy atom. The number of carbonyl (C=O) groups is 2. The number of hydrogen-bond donors (Lipinski definition) is 1. The maximum Gasteiger partial charge on any atom is 0.338 e. The van der Waals surface area contributed by atoms with E-state index in [0.29, 0.717) is 44.2 Å². The summed E-state index contributed by atoms with van der Waals surface area (Å²) >= 11 is 0. The third kappa shape index (κ3) is 6.42. The molecule has 1 aromatic carbocycles. The molecule has 1 heterocycles. The third-order valence-electron chi connectivity index (χ3n) is 4.13. The summed E-state index contributed by atoms with van der Waals surface area (Å²) in [4.78, 5) is 25.9. The molecule has 1 saturated heterocycles. The minimum Gasteiger partial charge on any atom is -0.462 e. The number of amides is 1. The predicted octanol–water partition coefficient (Wildman–Crippen LogP) is 2.71. The van der Waals surface area contributed by atoms with Crippen molar-refractivity contribution >= 4 is 17.6 Å². The lowest BCUT2D eigenvalue weighted by Gasteiger charge is -2.26. The molecule has 0 aliphatic carbocycles. The highest BCUT2D eigenvalue weighted by atomic mass is 16.5. The average Bonchev–Trinajstić information content (AvgIpc) is 2.72. The maximum absolute atomic E-state index is 12.3. The number of unbranched alkanes of at least 4 members (excludes halogenated alkanes) is 2. The number of hydrogen-bond acceptors (Lipinski definition) is 6. The van der Waals surface area contributed by atoms with Crippen molar-refractivity contribution in [3.63, 3.8) is 0 Å². The Labute approximate surface area is 159 Å². The molecule has 1 amide bonds. The Kier molecular flexibility index (Phi) is 8.33. The lowest BCUT2D eigenvalue weighted by atomic mass is 10.2. The Bertz CT molecular complexity index is 701. The minimum atomic E-state index is -0.353. The van der Waals surface area contributed by atoms with Crippen molar-refractivity contribution in [3.8, 4) is 6.07 Å². The number of esters is 1. The van der Waals surface area contributed by atoms with Crippen molar-refractivity contribution in [1.29, 1.82) is 5.26 Å². The van der Waals surface area contributed by atoms with Crippen molar-refractivity contribution in [3.05, 3.63) is 41.6 Å². The van der Waals surface area contributed by atoms with E-state index in [-0.39, 0.29) is 17.4 Å². The lowest BCUT2D eigenvalue weighted by Crippen LogP contribution is -2.41. The molecule has 144 valence electrons. The zero-order valence-electron chi connectivity index (χ0n) is 15.6. The SMILES string of the molecule is CCCCCOC(=O)c1ccc(N/C=C(\C#N)C(=O)N2CCOCC2)cc1. The first-order valence-corrected chi connectivity index (χ1v) is 9.16. The van der Waals surface area contributed by atoms with Gasteiger partial charge in [-0.2, -0.15) is 5.26 Å². The number of rotatable bonds is 8. The minimum absolute atomic E-state index is 0.0244. The summed E-state index contributed by atoms with van der Waals surface area (Å²) in [5.74, 6) is -0.672. The fraction of sp³-hybridized carbons (Fsp3) is 0.450. The van der Waals surface area contributed by atoms with Crippen LogP contribution in [0.25, 0.3) is 0 Å². The van der Waals surface area contributed by atoms with E-state index in [2.05, 4.69) is 12.2 Å². The molecule has 1 aromatic rings. The number of carbonyl (C=O) groups excluding carboxylic acids is 2. The standard InChI is InChI=1S/C20H25N3O4/c1-2-3-4-11-27-20(25)16-5-7-18(8-6-16)22-15-17(14-21)19(24)23-9-12-26-13-10-23/h5-8,15,22H,2-4,9-13H2,1H3/b17-15+. The van der Waals surface area contributed by atoms with Crippen LogP contribution in [0.3, 0.4) is 0 Å².